The van der Waals surface area contributed by atoms with Crippen molar-refractivity contribution >= 4 is 22.7 Å². The van der Waals surface area contributed by atoms with E-state index in [1.54, 1.807) is 5.38 Å². The zero-order valence-electron chi connectivity index (χ0n) is 13.9. The fraction of sp³-hybridized carbons (Fsp3) is 0.111. The maximum Gasteiger partial charge on any atom is 0.419 e. The minimum Gasteiger partial charge on any atom is -0.495 e. The molecule has 0 unspecified atom stereocenters. The largest absolute Gasteiger partial charge is 0.495 e. The highest BCUT2D eigenvalue weighted by molar-refractivity contribution is 7.14. The van der Waals surface area contributed by atoms with E-state index < -0.39 is 28.9 Å². The van der Waals surface area contributed by atoms with Crippen LogP contribution in [0.4, 0.5) is 22.7 Å². The van der Waals surface area contributed by atoms with Crippen LogP contribution in [0.3, 0.4) is 0 Å². The van der Waals surface area contributed by atoms with Gasteiger partial charge in [0.05, 0.1) is 30.1 Å². The summed E-state index contributed by atoms with van der Waals surface area (Å²) in [6.45, 7) is 0. The van der Waals surface area contributed by atoms with E-state index in [1.165, 1.54) is 11.3 Å². The second kappa shape index (κ2) is 7.75. The van der Waals surface area contributed by atoms with Crippen LogP contribution in [-0.4, -0.2) is 18.3 Å². The van der Waals surface area contributed by atoms with E-state index in [0.717, 1.165) is 30.6 Å². The van der Waals surface area contributed by atoms with Gasteiger partial charge in [-0.1, -0.05) is 30.3 Å². The maximum absolute atomic E-state index is 14.0. The van der Waals surface area contributed by atoms with Crippen molar-refractivity contribution < 1.29 is 22.3 Å². The van der Waals surface area contributed by atoms with Gasteiger partial charge in [0.15, 0.2) is 0 Å². The molecule has 140 valence electrons. The van der Waals surface area contributed by atoms with E-state index in [9.17, 15) is 17.6 Å². The molecule has 0 aliphatic rings. The average molecular weight is 395 g/mol. The molecule has 1 heterocycles. The molecule has 2 aromatic carbocycles. The normalized spacial score (nSPS) is 11.7. The van der Waals surface area contributed by atoms with Gasteiger partial charge in [0.1, 0.15) is 11.6 Å². The minimum absolute atomic E-state index is 0.403. The summed E-state index contributed by atoms with van der Waals surface area (Å²) in [7, 11) is 1.04. The first-order valence-electron chi connectivity index (χ1n) is 7.64. The molecule has 0 aliphatic heterocycles. The number of hydrazone groups is 1. The Labute approximate surface area is 156 Å². The summed E-state index contributed by atoms with van der Waals surface area (Å²) < 4.78 is 57.8. The molecule has 0 bridgehead atoms. The third-order valence-corrected chi connectivity index (χ3v) is 4.33. The van der Waals surface area contributed by atoms with Crippen LogP contribution in [0.25, 0.3) is 11.3 Å². The zero-order valence-corrected chi connectivity index (χ0v) is 14.7. The number of thiazole rings is 1. The van der Waals surface area contributed by atoms with Gasteiger partial charge in [0, 0.05) is 10.9 Å². The Bertz CT molecular complexity index is 955. The van der Waals surface area contributed by atoms with Crippen LogP contribution in [0.2, 0.25) is 0 Å². The van der Waals surface area contributed by atoms with E-state index in [4.69, 9.17) is 4.74 Å². The predicted molar refractivity (Wildman–Crippen MR) is 96.7 cm³/mol. The first kappa shape index (κ1) is 18.8. The molecule has 0 radical (unpaired) electrons. The summed E-state index contributed by atoms with van der Waals surface area (Å²) in [6.07, 6.45) is -3.73. The van der Waals surface area contributed by atoms with Gasteiger partial charge in [0.2, 0.25) is 5.13 Å². The molecule has 0 amide bonds. The number of halogens is 4. The third kappa shape index (κ3) is 4.25. The third-order valence-electron chi connectivity index (χ3n) is 3.58. The number of benzene rings is 2. The molecular weight excluding hydrogens is 382 g/mol. The molecule has 0 spiro atoms. The molecule has 4 nitrogen and oxygen atoms in total. The number of aromatic nitrogens is 1. The lowest BCUT2D eigenvalue weighted by molar-refractivity contribution is -0.138. The van der Waals surface area contributed by atoms with Crippen LogP contribution in [0.15, 0.2) is 52.9 Å². The average Bonchev–Trinajstić information content (AvgIpc) is 3.11. The van der Waals surface area contributed by atoms with Crippen molar-refractivity contribution in [1.82, 2.24) is 4.98 Å². The predicted octanol–water partition coefficient (Wildman–Crippen LogP) is 5.42. The van der Waals surface area contributed by atoms with Crippen molar-refractivity contribution in [3.63, 3.8) is 0 Å². The Kier molecular flexibility index (Phi) is 5.41. The van der Waals surface area contributed by atoms with Gasteiger partial charge >= 0.3 is 6.18 Å². The second-order valence-corrected chi connectivity index (χ2v) is 6.17. The van der Waals surface area contributed by atoms with Crippen LogP contribution in [0.5, 0.6) is 5.75 Å². The molecule has 1 N–H and O–H groups in total. The number of hydrogen-bond acceptors (Lipinski definition) is 5. The highest BCUT2D eigenvalue weighted by Crippen LogP contribution is 2.38. The SMILES string of the molecule is COc1c(C(F)(F)F)ccc(F)c1C=NNc1nc(-c2ccccc2)cs1. The van der Waals surface area contributed by atoms with Crippen molar-refractivity contribution in [1.29, 1.82) is 0 Å². The van der Waals surface area contributed by atoms with Gasteiger partial charge in [-0.25, -0.2) is 9.37 Å². The maximum atomic E-state index is 14.0. The summed E-state index contributed by atoms with van der Waals surface area (Å²) in [5.74, 6) is -1.51. The summed E-state index contributed by atoms with van der Waals surface area (Å²) in [5.41, 5.74) is 2.75. The van der Waals surface area contributed by atoms with Crippen molar-refractivity contribution in [2.75, 3.05) is 12.5 Å². The number of ether oxygens (including phenoxy) is 1. The molecule has 0 fully saturated rings. The van der Waals surface area contributed by atoms with Crippen LogP contribution in [-0.2, 0) is 6.18 Å². The molecule has 1 aromatic heterocycles. The van der Waals surface area contributed by atoms with Crippen LogP contribution in [0, 0.1) is 5.82 Å². The quantitative estimate of drug-likeness (QED) is 0.356. The standard InChI is InChI=1S/C18H13F4N3OS/c1-26-16-12(14(19)8-7-13(16)18(20,21)22)9-23-25-17-24-15(10-27-17)11-5-3-2-4-6-11/h2-10H,1H3,(H,24,25). The van der Waals surface area contributed by atoms with Crippen molar-refractivity contribution in [2.45, 2.75) is 6.18 Å². The topological polar surface area (TPSA) is 46.5 Å². The lowest BCUT2D eigenvalue weighted by Crippen LogP contribution is -2.10. The van der Waals surface area contributed by atoms with Gasteiger partial charge in [0.25, 0.3) is 0 Å². The summed E-state index contributed by atoms with van der Waals surface area (Å²) in [6, 6.07) is 10.8. The highest BCUT2D eigenvalue weighted by Gasteiger charge is 2.36. The van der Waals surface area contributed by atoms with Crippen molar-refractivity contribution in [2.24, 2.45) is 5.10 Å². The summed E-state index contributed by atoms with van der Waals surface area (Å²) >= 11 is 1.26. The monoisotopic (exact) mass is 395 g/mol. The first-order valence-corrected chi connectivity index (χ1v) is 8.52. The van der Waals surface area contributed by atoms with E-state index >= 15 is 0 Å². The van der Waals surface area contributed by atoms with Crippen LogP contribution in [0.1, 0.15) is 11.1 Å². The lowest BCUT2D eigenvalue weighted by atomic mass is 10.1. The van der Waals surface area contributed by atoms with E-state index in [1.807, 2.05) is 30.3 Å². The number of nitrogens with one attached hydrogen (secondary N) is 1. The molecule has 3 rings (SSSR count). The van der Waals surface area contributed by atoms with Crippen LogP contribution >= 0.6 is 11.3 Å². The fourth-order valence-electron chi connectivity index (χ4n) is 2.36. The Morgan fingerprint density at radius 3 is 2.56 bits per heavy atom. The Hall–Kier alpha value is -2.94. The number of alkyl halides is 3. The first-order chi connectivity index (χ1) is 12.9. The molecule has 0 atom stereocenters. The smallest absolute Gasteiger partial charge is 0.419 e. The molecule has 0 saturated carbocycles. The van der Waals surface area contributed by atoms with Crippen LogP contribution < -0.4 is 10.2 Å². The Balaban J connectivity index is 1.82. The van der Waals surface area contributed by atoms with Crippen molar-refractivity contribution in [3.05, 3.63) is 64.8 Å². The molecule has 3 aromatic rings. The number of rotatable bonds is 5. The summed E-state index contributed by atoms with van der Waals surface area (Å²) in [5, 5.41) is 6.01. The Morgan fingerprint density at radius 1 is 1.15 bits per heavy atom. The molecule has 27 heavy (non-hydrogen) atoms. The molecular formula is C18H13F4N3OS. The highest BCUT2D eigenvalue weighted by atomic mass is 32.1. The molecule has 9 heteroatoms. The number of anilines is 1. The number of methoxy groups -OCH3 is 1. The summed E-state index contributed by atoms with van der Waals surface area (Å²) in [4.78, 5) is 4.32. The number of hydrogen-bond donors (Lipinski definition) is 1. The van der Waals surface area contributed by atoms with E-state index in [-0.39, 0.29) is 0 Å². The minimum atomic E-state index is -4.67. The van der Waals surface area contributed by atoms with Crippen molar-refractivity contribution in [3.8, 4) is 17.0 Å². The van der Waals surface area contributed by atoms with Gasteiger partial charge < -0.3 is 4.74 Å². The van der Waals surface area contributed by atoms with E-state index in [0.29, 0.717) is 11.2 Å². The van der Waals surface area contributed by atoms with E-state index in [2.05, 4.69) is 15.5 Å². The zero-order chi connectivity index (χ0) is 19.4. The lowest BCUT2D eigenvalue weighted by Gasteiger charge is -2.14. The fourth-order valence-corrected chi connectivity index (χ4v) is 3.03. The van der Waals surface area contributed by atoms with Gasteiger partial charge in [-0.05, 0) is 12.1 Å². The molecule has 0 aliphatic carbocycles. The Morgan fingerprint density at radius 2 is 1.89 bits per heavy atom. The van der Waals surface area contributed by atoms with Gasteiger partial charge in [-0.3, -0.25) is 5.43 Å². The van der Waals surface area contributed by atoms with Gasteiger partial charge in [-0.15, -0.1) is 11.3 Å². The molecule has 0 saturated heterocycles. The second-order valence-electron chi connectivity index (χ2n) is 5.31. The van der Waals surface area contributed by atoms with Gasteiger partial charge in [-0.2, -0.15) is 18.3 Å². The number of nitrogens with zero attached hydrogens (tertiary/aromatic N) is 2.